The standard InChI is InChI=1S/C6H11F2N/c7-1-5-3-9-4-6(5)2-8/h5-6,9H,1-4H2/t5-,6+. The molecule has 1 fully saturated rings. The van der Waals surface area contributed by atoms with Crippen molar-refractivity contribution < 1.29 is 8.78 Å². The van der Waals surface area contributed by atoms with Crippen LogP contribution in [0.1, 0.15) is 0 Å². The molecule has 1 rings (SSSR count). The summed E-state index contributed by atoms with van der Waals surface area (Å²) in [6.45, 7) is 0.513. The molecule has 0 aromatic heterocycles. The molecule has 0 spiro atoms. The van der Waals surface area contributed by atoms with Crippen molar-refractivity contribution in [3.8, 4) is 0 Å². The van der Waals surface area contributed by atoms with Crippen LogP contribution in [0.3, 0.4) is 0 Å². The second kappa shape index (κ2) is 3.11. The van der Waals surface area contributed by atoms with E-state index in [9.17, 15) is 8.78 Å². The average molecular weight is 135 g/mol. The molecule has 1 saturated heterocycles. The van der Waals surface area contributed by atoms with Gasteiger partial charge in [-0.1, -0.05) is 0 Å². The topological polar surface area (TPSA) is 12.0 Å². The highest BCUT2D eigenvalue weighted by molar-refractivity contribution is 4.79. The predicted octanol–water partition coefficient (Wildman–Crippen LogP) is 0.761. The van der Waals surface area contributed by atoms with E-state index in [0.29, 0.717) is 13.1 Å². The first-order valence-electron chi connectivity index (χ1n) is 3.21. The van der Waals surface area contributed by atoms with Gasteiger partial charge in [0.1, 0.15) is 0 Å². The van der Waals surface area contributed by atoms with Crippen LogP contribution in [0.5, 0.6) is 0 Å². The third-order valence-electron chi connectivity index (χ3n) is 1.88. The van der Waals surface area contributed by atoms with Gasteiger partial charge in [-0.05, 0) is 0 Å². The number of hydrogen-bond acceptors (Lipinski definition) is 1. The summed E-state index contributed by atoms with van der Waals surface area (Å²) < 4.78 is 23.9. The minimum atomic E-state index is -0.387. The van der Waals surface area contributed by atoms with Crippen molar-refractivity contribution >= 4 is 0 Å². The predicted molar refractivity (Wildman–Crippen MR) is 31.8 cm³/mol. The first kappa shape index (κ1) is 6.93. The number of nitrogens with one attached hydrogen (secondary N) is 1. The van der Waals surface area contributed by atoms with E-state index < -0.39 is 0 Å². The summed E-state index contributed by atoms with van der Waals surface area (Å²) in [6.07, 6.45) is 0. The third-order valence-corrected chi connectivity index (χ3v) is 1.88. The van der Waals surface area contributed by atoms with Crippen LogP contribution in [-0.4, -0.2) is 26.4 Å². The quantitative estimate of drug-likeness (QED) is 0.589. The van der Waals surface area contributed by atoms with Crippen molar-refractivity contribution in [2.24, 2.45) is 11.8 Å². The Morgan fingerprint density at radius 2 is 1.56 bits per heavy atom. The second-order valence-electron chi connectivity index (χ2n) is 2.49. The van der Waals surface area contributed by atoms with E-state index in [1.165, 1.54) is 0 Å². The van der Waals surface area contributed by atoms with Gasteiger partial charge >= 0.3 is 0 Å². The molecule has 3 heteroatoms. The Morgan fingerprint density at radius 3 is 1.89 bits per heavy atom. The van der Waals surface area contributed by atoms with Gasteiger partial charge in [0.2, 0.25) is 0 Å². The SMILES string of the molecule is FC[C@@H]1CNC[C@@H]1CF. The van der Waals surface area contributed by atoms with Gasteiger partial charge < -0.3 is 5.32 Å². The number of hydrogen-bond donors (Lipinski definition) is 1. The van der Waals surface area contributed by atoms with E-state index in [0.717, 1.165) is 0 Å². The van der Waals surface area contributed by atoms with Crippen molar-refractivity contribution in [3.63, 3.8) is 0 Å². The first-order valence-corrected chi connectivity index (χ1v) is 3.21. The number of halogens is 2. The zero-order valence-electron chi connectivity index (χ0n) is 5.24. The fraction of sp³-hybridized carbons (Fsp3) is 1.00. The zero-order valence-corrected chi connectivity index (χ0v) is 5.24. The molecule has 1 nitrogen and oxygen atoms in total. The summed E-state index contributed by atoms with van der Waals surface area (Å²) in [5.74, 6) is -0.148. The Labute approximate surface area is 53.4 Å². The van der Waals surface area contributed by atoms with Crippen molar-refractivity contribution in [2.75, 3.05) is 26.4 Å². The van der Waals surface area contributed by atoms with E-state index >= 15 is 0 Å². The van der Waals surface area contributed by atoms with Gasteiger partial charge in [-0.25, -0.2) is 0 Å². The van der Waals surface area contributed by atoms with Crippen LogP contribution in [0.25, 0.3) is 0 Å². The van der Waals surface area contributed by atoms with Crippen LogP contribution < -0.4 is 5.32 Å². The monoisotopic (exact) mass is 135 g/mol. The highest BCUT2D eigenvalue weighted by atomic mass is 19.1. The highest BCUT2D eigenvalue weighted by Gasteiger charge is 2.26. The molecule has 0 radical (unpaired) electrons. The van der Waals surface area contributed by atoms with Crippen LogP contribution in [-0.2, 0) is 0 Å². The molecule has 9 heavy (non-hydrogen) atoms. The third kappa shape index (κ3) is 1.39. The maximum atomic E-state index is 11.9. The van der Waals surface area contributed by atoms with Gasteiger partial charge in [0.05, 0.1) is 13.3 Å². The molecule has 54 valence electrons. The minimum Gasteiger partial charge on any atom is -0.316 e. The van der Waals surface area contributed by atoms with Gasteiger partial charge in [-0.15, -0.1) is 0 Å². The van der Waals surface area contributed by atoms with E-state index in [-0.39, 0.29) is 25.2 Å². The van der Waals surface area contributed by atoms with Crippen molar-refractivity contribution in [1.29, 1.82) is 0 Å². The molecule has 0 amide bonds. The maximum Gasteiger partial charge on any atom is 0.0938 e. The summed E-state index contributed by atoms with van der Waals surface area (Å²) in [5.41, 5.74) is 0. The van der Waals surface area contributed by atoms with Crippen LogP contribution in [0.4, 0.5) is 8.78 Å². The Morgan fingerprint density at radius 1 is 1.11 bits per heavy atom. The maximum absolute atomic E-state index is 11.9. The lowest BCUT2D eigenvalue weighted by Crippen LogP contribution is -2.15. The number of rotatable bonds is 2. The summed E-state index contributed by atoms with van der Waals surface area (Å²) >= 11 is 0. The average Bonchev–Trinajstić information content (AvgIpc) is 2.33. The Kier molecular flexibility index (Phi) is 2.39. The zero-order chi connectivity index (χ0) is 6.69. The van der Waals surface area contributed by atoms with Crippen LogP contribution in [0.2, 0.25) is 0 Å². The summed E-state index contributed by atoms with van der Waals surface area (Å²) in [4.78, 5) is 0. The smallest absolute Gasteiger partial charge is 0.0938 e. The highest BCUT2D eigenvalue weighted by Crippen LogP contribution is 2.16. The Hall–Kier alpha value is -0.180. The number of alkyl halides is 2. The molecule has 2 atom stereocenters. The lowest BCUT2D eigenvalue weighted by Gasteiger charge is -2.08. The summed E-state index contributed by atoms with van der Waals surface area (Å²) in [7, 11) is 0. The molecule has 0 aliphatic carbocycles. The van der Waals surface area contributed by atoms with Crippen molar-refractivity contribution in [3.05, 3.63) is 0 Å². The normalized spacial score (nSPS) is 35.3. The van der Waals surface area contributed by atoms with Crippen molar-refractivity contribution in [1.82, 2.24) is 5.32 Å². The van der Waals surface area contributed by atoms with E-state index in [2.05, 4.69) is 5.32 Å². The van der Waals surface area contributed by atoms with Crippen LogP contribution >= 0.6 is 0 Å². The summed E-state index contributed by atoms with van der Waals surface area (Å²) in [6, 6.07) is 0. The van der Waals surface area contributed by atoms with E-state index in [1.807, 2.05) is 0 Å². The lowest BCUT2D eigenvalue weighted by molar-refractivity contribution is 0.265. The molecule has 1 aliphatic heterocycles. The fourth-order valence-electron chi connectivity index (χ4n) is 1.15. The first-order chi connectivity index (χ1) is 4.38. The van der Waals surface area contributed by atoms with E-state index in [1.54, 1.807) is 0 Å². The molecular weight excluding hydrogens is 124 g/mol. The molecule has 0 unspecified atom stereocenters. The Bertz CT molecular complexity index is 77.1. The van der Waals surface area contributed by atoms with E-state index in [4.69, 9.17) is 0 Å². The molecule has 1 aliphatic rings. The van der Waals surface area contributed by atoms with Crippen molar-refractivity contribution in [2.45, 2.75) is 0 Å². The molecule has 0 saturated carbocycles. The second-order valence-corrected chi connectivity index (χ2v) is 2.49. The minimum absolute atomic E-state index is 0.0741. The van der Waals surface area contributed by atoms with Gasteiger partial charge in [0.25, 0.3) is 0 Å². The van der Waals surface area contributed by atoms with Gasteiger partial charge in [0.15, 0.2) is 0 Å². The molecule has 0 bridgehead atoms. The molecule has 1 N–H and O–H groups in total. The molecule has 0 aromatic rings. The molecular formula is C6H11F2N. The van der Waals surface area contributed by atoms with Crippen LogP contribution in [0, 0.1) is 11.8 Å². The molecule has 0 aromatic carbocycles. The van der Waals surface area contributed by atoms with Gasteiger partial charge in [-0.3, -0.25) is 8.78 Å². The fourth-order valence-corrected chi connectivity index (χ4v) is 1.15. The van der Waals surface area contributed by atoms with Gasteiger partial charge in [0, 0.05) is 24.9 Å². The van der Waals surface area contributed by atoms with Gasteiger partial charge in [-0.2, -0.15) is 0 Å². The Balaban J connectivity index is 2.32. The lowest BCUT2D eigenvalue weighted by atomic mass is 9.99. The summed E-state index contributed by atoms with van der Waals surface area (Å²) in [5, 5.41) is 2.94. The largest absolute Gasteiger partial charge is 0.316 e. The van der Waals surface area contributed by atoms with Crippen LogP contribution in [0.15, 0.2) is 0 Å². The molecule has 1 heterocycles.